The summed E-state index contributed by atoms with van der Waals surface area (Å²) in [5, 5.41) is 7.63. The predicted molar refractivity (Wildman–Crippen MR) is 314 cm³/mol. The van der Waals surface area contributed by atoms with Gasteiger partial charge in [0.1, 0.15) is 0 Å². The Morgan fingerprint density at radius 2 is 0.800 bits per heavy atom. The Morgan fingerprint density at radius 1 is 0.375 bits per heavy atom. The van der Waals surface area contributed by atoms with E-state index >= 15 is 26.3 Å². The third-order valence-electron chi connectivity index (χ3n) is 16.8. The topological polar surface area (TPSA) is 19.7 Å². The average molecular weight is 1060 g/mol. The van der Waals surface area contributed by atoms with Crippen molar-refractivity contribution in [3.8, 4) is 11.4 Å². The Kier molecular flexibility index (Phi) is 10.4. The van der Waals surface area contributed by atoms with Crippen LogP contribution < -0.4 is 0 Å². The van der Waals surface area contributed by atoms with Gasteiger partial charge in [-0.25, -0.2) is 0 Å². The van der Waals surface area contributed by atoms with Crippen LogP contribution in [0.4, 0.5) is 26.3 Å². The number of halogens is 6. The molecule has 14 aromatic rings. The maximum absolute atomic E-state index is 15.4. The number of allylic oxidation sites excluding steroid dienone is 4. The van der Waals surface area contributed by atoms with Gasteiger partial charge in [0.05, 0.1) is 55.4 Å². The van der Waals surface area contributed by atoms with Gasteiger partial charge in [-0.2, -0.15) is 26.3 Å². The Balaban J connectivity index is 1.13. The average Bonchev–Trinajstić information content (AvgIpc) is 3.21. The minimum atomic E-state index is -4.72. The monoisotopic (exact) mass is 1060 g/mol. The van der Waals surface area contributed by atoms with Crippen LogP contribution in [0.1, 0.15) is 42.1 Å². The molecule has 0 spiro atoms. The Morgan fingerprint density at radius 3 is 1.34 bits per heavy atom. The molecule has 0 saturated heterocycles. The molecule has 0 radical (unpaired) electrons. The van der Waals surface area contributed by atoms with Crippen LogP contribution in [0.15, 0.2) is 236 Å². The quantitative estimate of drug-likeness (QED) is 0.142. The van der Waals surface area contributed by atoms with Crippen molar-refractivity contribution in [3.63, 3.8) is 0 Å². The highest BCUT2D eigenvalue weighted by atomic mass is 19.4. The molecule has 0 amide bonds. The molecule has 388 valence electrons. The first-order chi connectivity index (χ1) is 38.9. The molecule has 1 aliphatic carbocycles. The molecule has 10 heteroatoms. The highest BCUT2D eigenvalue weighted by Gasteiger charge is 2.42. The number of alkyl halides is 6. The summed E-state index contributed by atoms with van der Waals surface area (Å²) in [4.78, 5) is 0. The van der Waals surface area contributed by atoms with E-state index in [0.29, 0.717) is 33.5 Å². The number of benzene rings is 10. The minimum Gasteiger partial charge on any atom is -0.336 e. The smallest absolute Gasteiger partial charge is 0.336 e. The summed E-state index contributed by atoms with van der Waals surface area (Å²) in [5.74, 6) is -0.726. The molecule has 4 nitrogen and oxygen atoms in total. The van der Waals surface area contributed by atoms with Gasteiger partial charge in [0.25, 0.3) is 0 Å². The Bertz CT molecular complexity index is 4950. The highest BCUT2D eigenvalue weighted by Crippen LogP contribution is 2.57. The standard InChI is InChI=1S/C70H46F6N4/c1-41-61(42(2)77-55-31-13-9-27-49(55)51-35-37-59-64(66(51)77)53-29-11-15-33-57(53)78(59)47-23-5-3-6-24-47)63(44-20-18-22-46(40-44)70(74,75)76)68(62(41)43-19-17-21-45(39-43)69(71,72)73)80-56-32-14-10-28-50(56)52-36-38-60-65(67(52)80)54-30-12-16-34-58(54)79(60)48-25-7-4-8-26-48/h3-40,42,61H,1-2H3/t42-,61-/m1/s1. The summed E-state index contributed by atoms with van der Waals surface area (Å²) >= 11 is 0. The fourth-order valence-corrected chi connectivity index (χ4v) is 13.6. The van der Waals surface area contributed by atoms with E-state index in [1.54, 1.807) is 12.1 Å². The van der Waals surface area contributed by atoms with Crippen molar-refractivity contribution in [1.82, 2.24) is 18.3 Å². The number of hydrogen-bond acceptors (Lipinski definition) is 0. The highest BCUT2D eigenvalue weighted by molar-refractivity contribution is 6.30. The molecule has 4 aromatic heterocycles. The van der Waals surface area contributed by atoms with Gasteiger partial charge < -0.3 is 18.3 Å². The van der Waals surface area contributed by atoms with Crippen LogP contribution in [-0.4, -0.2) is 18.3 Å². The molecule has 2 atom stereocenters. The van der Waals surface area contributed by atoms with Gasteiger partial charge in [0, 0.05) is 77.5 Å². The minimum absolute atomic E-state index is 0.298. The molecule has 0 bridgehead atoms. The first-order valence-corrected chi connectivity index (χ1v) is 26.7. The SMILES string of the molecule is CC1=C(c2cccc(C(F)(F)F)c2)C(n2c3ccccc3c3ccc4c(c5ccccc5n4-c4ccccc4)c32)=C(c2cccc(C(F)(F)F)c2)[C@H]1[C@@H](C)n1c2ccccc2c2ccc3c(c4ccccc4n3-c3ccccc3)c21. The second kappa shape index (κ2) is 17.5. The molecule has 1 aliphatic rings. The first kappa shape index (κ1) is 47.7. The van der Waals surface area contributed by atoms with Crippen LogP contribution in [0.5, 0.6) is 0 Å². The lowest BCUT2D eigenvalue weighted by atomic mass is 9.84. The van der Waals surface area contributed by atoms with Gasteiger partial charge in [-0.1, -0.05) is 151 Å². The summed E-state index contributed by atoms with van der Waals surface area (Å²) in [6.07, 6.45) is -9.42. The number of fused-ring (bicyclic) bond motifs is 14. The van der Waals surface area contributed by atoms with Crippen LogP contribution >= 0.6 is 0 Å². The maximum Gasteiger partial charge on any atom is 0.416 e. The van der Waals surface area contributed by atoms with Crippen LogP contribution in [0, 0.1) is 5.92 Å². The van der Waals surface area contributed by atoms with Gasteiger partial charge in [-0.3, -0.25) is 0 Å². The van der Waals surface area contributed by atoms with Gasteiger partial charge in [0.15, 0.2) is 0 Å². The number of aromatic nitrogens is 4. The summed E-state index contributed by atoms with van der Waals surface area (Å²) < 4.78 is 101. The van der Waals surface area contributed by atoms with Crippen molar-refractivity contribution >= 4 is 104 Å². The molecule has 80 heavy (non-hydrogen) atoms. The molecule has 0 aliphatic heterocycles. The summed E-state index contributed by atoms with van der Waals surface area (Å²) in [6, 6.07) is 71.9. The molecule has 15 rings (SSSR count). The van der Waals surface area contributed by atoms with Crippen molar-refractivity contribution in [2.24, 2.45) is 5.92 Å². The zero-order chi connectivity index (χ0) is 54.3. The van der Waals surface area contributed by atoms with Gasteiger partial charge in [0.2, 0.25) is 0 Å². The third kappa shape index (κ3) is 6.90. The fraction of sp³-hybridized carbons (Fsp3) is 0.0857. The second-order valence-corrected chi connectivity index (χ2v) is 21.0. The van der Waals surface area contributed by atoms with E-state index in [1.165, 1.54) is 24.3 Å². The van der Waals surface area contributed by atoms with E-state index in [-0.39, 0.29) is 0 Å². The van der Waals surface area contributed by atoms with Crippen LogP contribution in [-0.2, 0) is 12.4 Å². The lowest BCUT2D eigenvalue weighted by Crippen LogP contribution is -2.19. The summed E-state index contributed by atoms with van der Waals surface area (Å²) in [6.45, 7) is 4.08. The van der Waals surface area contributed by atoms with E-state index in [4.69, 9.17) is 0 Å². The lowest BCUT2D eigenvalue weighted by molar-refractivity contribution is -0.138. The predicted octanol–water partition coefficient (Wildman–Crippen LogP) is 19.9. The van der Waals surface area contributed by atoms with E-state index < -0.39 is 35.4 Å². The zero-order valence-electron chi connectivity index (χ0n) is 43.2. The van der Waals surface area contributed by atoms with Crippen molar-refractivity contribution < 1.29 is 26.3 Å². The number of rotatable bonds is 7. The van der Waals surface area contributed by atoms with Gasteiger partial charge in [-0.15, -0.1) is 0 Å². The molecule has 0 fully saturated rings. The molecular weight excluding hydrogens is 1010 g/mol. The molecule has 0 saturated carbocycles. The molecule has 4 heterocycles. The number of para-hydroxylation sites is 6. The van der Waals surface area contributed by atoms with E-state index in [1.807, 2.05) is 104 Å². The molecular formula is C70H46F6N4. The zero-order valence-corrected chi connectivity index (χ0v) is 43.2. The van der Waals surface area contributed by atoms with Crippen LogP contribution in [0.2, 0.25) is 0 Å². The summed E-state index contributed by atoms with van der Waals surface area (Å²) in [5.41, 5.74) is 10.4. The van der Waals surface area contributed by atoms with Gasteiger partial charge >= 0.3 is 12.4 Å². The Labute approximate surface area is 454 Å². The molecule has 0 N–H and O–H groups in total. The van der Waals surface area contributed by atoms with E-state index in [9.17, 15) is 0 Å². The Hall–Kier alpha value is -9.54. The maximum atomic E-state index is 15.4. The van der Waals surface area contributed by atoms with Crippen molar-refractivity contribution in [2.75, 3.05) is 0 Å². The fourth-order valence-electron chi connectivity index (χ4n) is 13.6. The third-order valence-corrected chi connectivity index (χ3v) is 16.8. The molecule has 10 aromatic carbocycles. The number of hydrogen-bond donors (Lipinski definition) is 0. The van der Waals surface area contributed by atoms with Gasteiger partial charge in [-0.05, 0) is 115 Å². The molecule has 0 unspecified atom stereocenters. The normalized spacial score (nSPS) is 15.0. The number of nitrogens with zero attached hydrogens (tertiary/aromatic N) is 4. The lowest BCUT2D eigenvalue weighted by Gasteiger charge is -2.29. The summed E-state index contributed by atoms with van der Waals surface area (Å²) in [7, 11) is 0. The van der Waals surface area contributed by atoms with Crippen molar-refractivity contribution in [3.05, 3.63) is 258 Å². The van der Waals surface area contributed by atoms with E-state index in [2.05, 4.69) is 110 Å². The van der Waals surface area contributed by atoms with E-state index in [0.717, 1.165) is 111 Å². The van der Waals surface area contributed by atoms with Crippen LogP contribution in [0.25, 0.3) is 115 Å². The van der Waals surface area contributed by atoms with Crippen molar-refractivity contribution in [2.45, 2.75) is 32.2 Å². The van der Waals surface area contributed by atoms with Crippen molar-refractivity contribution in [1.29, 1.82) is 0 Å². The van der Waals surface area contributed by atoms with Crippen LogP contribution in [0.3, 0.4) is 0 Å². The second-order valence-electron chi connectivity index (χ2n) is 21.0. The first-order valence-electron chi connectivity index (χ1n) is 26.7. The largest absolute Gasteiger partial charge is 0.416 e.